The molecular formula is C23H29ClN2O3S. The van der Waals surface area contributed by atoms with Crippen LogP contribution in [0, 0.1) is 6.92 Å². The Balaban J connectivity index is 1.78. The zero-order valence-corrected chi connectivity index (χ0v) is 19.3. The standard InChI is InChI=1S/C23H29ClN2O3S/c1-4-21(19-10-9-17-7-5-6-8-18(17)14-19)25-23(27)15-26(30(3,28)29)22-12-11-20(24)13-16(22)2/h9-14,21H,4-8,15H2,1-3H3,(H,25,27)/t21-/m1/s1. The summed E-state index contributed by atoms with van der Waals surface area (Å²) < 4.78 is 25.9. The molecule has 7 heteroatoms. The monoisotopic (exact) mass is 448 g/mol. The molecule has 5 nitrogen and oxygen atoms in total. The van der Waals surface area contributed by atoms with Crippen LogP contribution in [0.5, 0.6) is 0 Å². The minimum atomic E-state index is -3.64. The summed E-state index contributed by atoms with van der Waals surface area (Å²) in [6, 6.07) is 11.2. The molecule has 0 saturated heterocycles. The van der Waals surface area contributed by atoms with Crippen molar-refractivity contribution < 1.29 is 13.2 Å². The van der Waals surface area contributed by atoms with E-state index in [0.29, 0.717) is 16.3 Å². The van der Waals surface area contributed by atoms with Crippen LogP contribution in [0.25, 0.3) is 0 Å². The van der Waals surface area contributed by atoms with Gasteiger partial charge in [0.15, 0.2) is 0 Å². The highest BCUT2D eigenvalue weighted by atomic mass is 35.5. The first kappa shape index (κ1) is 22.6. The maximum absolute atomic E-state index is 12.8. The van der Waals surface area contributed by atoms with E-state index in [9.17, 15) is 13.2 Å². The first-order valence-electron chi connectivity index (χ1n) is 10.3. The maximum atomic E-state index is 12.8. The van der Waals surface area contributed by atoms with Crippen molar-refractivity contribution in [1.29, 1.82) is 0 Å². The van der Waals surface area contributed by atoms with E-state index in [0.717, 1.165) is 35.4 Å². The third kappa shape index (κ3) is 5.35. The van der Waals surface area contributed by atoms with Gasteiger partial charge >= 0.3 is 0 Å². The number of carbonyl (C=O) groups excluding carboxylic acids is 1. The van der Waals surface area contributed by atoms with Gasteiger partial charge in [0, 0.05) is 5.02 Å². The van der Waals surface area contributed by atoms with Crippen molar-refractivity contribution in [2.45, 2.75) is 52.0 Å². The largest absolute Gasteiger partial charge is 0.348 e. The average molecular weight is 449 g/mol. The molecule has 0 aliphatic heterocycles. The second kappa shape index (κ2) is 9.40. The number of fused-ring (bicyclic) bond motifs is 1. The molecule has 0 saturated carbocycles. The highest BCUT2D eigenvalue weighted by Crippen LogP contribution is 2.27. The first-order valence-corrected chi connectivity index (χ1v) is 12.6. The molecule has 2 aromatic rings. The number of sulfonamides is 1. The van der Waals surface area contributed by atoms with Crippen LogP contribution in [-0.4, -0.2) is 27.1 Å². The molecule has 1 N–H and O–H groups in total. The Morgan fingerprint density at radius 1 is 1.13 bits per heavy atom. The van der Waals surface area contributed by atoms with E-state index in [-0.39, 0.29) is 18.5 Å². The molecule has 3 rings (SSSR count). The normalized spacial score (nSPS) is 14.7. The van der Waals surface area contributed by atoms with Gasteiger partial charge in [-0.3, -0.25) is 9.10 Å². The summed E-state index contributed by atoms with van der Waals surface area (Å²) in [6.07, 6.45) is 6.45. The fourth-order valence-electron chi connectivity index (χ4n) is 4.04. The quantitative estimate of drug-likeness (QED) is 0.675. The number of halogens is 1. The Labute approximate surface area is 184 Å². The van der Waals surface area contributed by atoms with Crippen molar-refractivity contribution in [2.24, 2.45) is 0 Å². The zero-order chi connectivity index (χ0) is 21.9. The van der Waals surface area contributed by atoms with Crippen molar-refractivity contribution in [1.82, 2.24) is 5.32 Å². The number of aryl methyl sites for hydroxylation is 3. The van der Waals surface area contributed by atoms with E-state index in [1.807, 2.05) is 6.92 Å². The van der Waals surface area contributed by atoms with Gasteiger partial charge < -0.3 is 5.32 Å². The molecule has 1 aliphatic rings. The van der Waals surface area contributed by atoms with Crippen LogP contribution in [0.4, 0.5) is 5.69 Å². The van der Waals surface area contributed by atoms with E-state index in [2.05, 4.69) is 23.5 Å². The minimum Gasteiger partial charge on any atom is -0.348 e. The van der Waals surface area contributed by atoms with Crippen LogP contribution in [0.15, 0.2) is 36.4 Å². The number of hydrogen-bond donors (Lipinski definition) is 1. The molecule has 30 heavy (non-hydrogen) atoms. The number of nitrogens with zero attached hydrogens (tertiary/aromatic N) is 1. The van der Waals surface area contributed by atoms with E-state index < -0.39 is 10.0 Å². The number of amides is 1. The predicted molar refractivity (Wildman–Crippen MR) is 123 cm³/mol. The van der Waals surface area contributed by atoms with Gasteiger partial charge in [0.1, 0.15) is 6.54 Å². The zero-order valence-electron chi connectivity index (χ0n) is 17.7. The summed E-state index contributed by atoms with van der Waals surface area (Å²) in [7, 11) is -3.64. The van der Waals surface area contributed by atoms with Gasteiger partial charge in [0.2, 0.25) is 15.9 Å². The third-order valence-corrected chi connectivity index (χ3v) is 7.00. The van der Waals surface area contributed by atoms with E-state index >= 15 is 0 Å². The molecule has 0 aromatic heterocycles. The van der Waals surface area contributed by atoms with Gasteiger partial charge in [0.25, 0.3) is 0 Å². The van der Waals surface area contributed by atoms with Gasteiger partial charge in [-0.2, -0.15) is 0 Å². The molecule has 0 bridgehead atoms. The van der Waals surface area contributed by atoms with E-state index in [1.165, 1.54) is 24.0 Å². The van der Waals surface area contributed by atoms with Crippen LogP contribution >= 0.6 is 11.6 Å². The lowest BCUT2D eigenvalue weighted by Crippen LogP contribution is -2.41. The molecular weight excluding hydrogens is 420 g/mol. The number of anilines is 1. The first-order chi connectivity index (χ1) is 14.2. The average Bonchev–Trinajstić information content (AvgIpc) is 2.69. The summed E-state index contributed by atoms with van der Waals surface area (Å²) in [4.78, 5) is 12.8. The number of rotatable bonds is 7. The number of carbonyl (C=O) groups is 1. The molecule has 1 amide bonds. The Hall–Kier alpha value is -2.05. The van der Waals surface area contributed by atoms with Gasteiger partial charge in [-0.05, 0) is 79.5 Å². The molecule has 0 unspecified atom stereocenters. The number of nitrogens with one attached hydrogen (secondary N) is 1. The molecule has 2 aromatic carbocycles. The molecule has 0 spiro atoms. The molecule has 0 fully saturated rings. The van der Waals surface area contributed by atoms with Crippen LogP contribution in [0.3, 0.4) is 0 Å². The maximum Gasteiger partial charge on any atom is 0.241 e. The summed E-state index contributed by atoms with van der Waals surface area (Å²) in [5, 5.41) is 3.54. The Bertz CT molecular complexity index is 1040. The SMILES string of the molecule is CC[C@@H](NC(=O)CN(c1ccc(Cl)cc1C)S(C)(=O)=O)c1ccc2c(c1)CCCC2. The number of benzene rings is 2. The lowest BCUT2D eigenvalue weighted by Gasteiger charge is -2.26. The molecule has 0 radical (unpaired) electrons. The van der Waals surface area contributed by atoms with E-state index in [4.69, 9.17) is 11.6 Å². The van der Waals surface area contributed by atoms with Crippen LogP contribution in [-0.2, 0) is 27.7 Å². The highest BCUT2D eigenvalue weighted by molar-refractivity contribution is 7.92. The van der Waals surface area contributed by atoms with E-state index in [1.54, 1.807) is 25.1 Å². The van der Waals surface area contributed by atoms with Gasteiger partial charge in [-0.15, -0.1) is 0 Å². The Morgan fingerprint density at radius 2 is 1.83 bits per heavy atom. The van der Waals surface area contributed by atoms with Crippen LogP contribution in [0.1, 0.15) is 54.5 Å². The van der Waals surface area contributed by atoms with Crippen molar-refractivity contribution in [3.63, 3.8) is 0 Å². The van der Waals surface area contributed by atoms with Crippen LogP contribution < -0.4 is 9.62 Å². The smallest absolute Gasteiger partial charge is 0.241 e. The summed E-state index contributed by atoms with van der Waals surface area (Å²) >= 11 is 6.00. The number of hydrogen-bond acceptors (Lipinski definition) is 3. The Morgan fingerprint density at radius 3 is 2.47 bits per heavy atom. The lowest BCUT2D eigenvalue weighted by atomic mass is 9.89. The topological polar surface area (TPSA) is 66.5 Å². The predicted octanol–water partition coefficient (Wildman–Crippen LogP) is 4.56. The van der Waals surface area contributed by atoms with Gasteiger partial charge in [0.05, 0.1) is 18.0 Å². The second-order valence-electron chi connectivity index (χ2n) is 7.96. The summed E-state index contributed by atoms with van der Waals surface area (Å²) in [5.41, 5.74) is 4.98. The summed E-state index contributed by atoms with van der Waals surface area (Å²) in [6.45, 7) is 3.52. The second-order valence-corrected chi connectivity index (χ2v) is 10.3. The van der Waals surface area contributed by atoms with Gasteiger partial charge in [-0.25, -0.2) is 8.42 Å². The summed E-state index contributed by atoms with van der Waals surface area (Å²) in [5.74, 6) is -0.334. The van der Waals surface area contributed by atoms with Crippen LogP contribution in [0.2, 0.25) is 5.02 Å². The fourth-order valence-corrected chi connectivity index (χ4v) is 5.18. The van der Waals surface area contributed by atoms with Gasteiger partial charge in [-0.1, -0.05) is 36.7 Å². The Kier molecular flexibility index (Phi) is 7.09. The fraction of sp³-hybridized carbons (Fsp3) is 0.435. The lowest BCUT2D eigenvalue weighted by molar-refractivity contribution is -0.120. The molecule has 1 aliphatic carbocycles. The van der Waals surface area contributed by atoms with Crippen molar-refractivity contribution >= 4 is 33.2 Å². The third-order valence-electron chi connectivity index (χ3n) is 5.63. The molecule has 1 atom stereocenters. The van der Waals surface area contributed by atoms with Crippen molar-refractivity contribution in [3.05, 3.63) is 63.7 Å². The highest BCUT2D eigenvalue weighted by Gasteiger charge is 2.24. The van der Waals surface area contributed by atoms with Crippen molar-refractivity contribution in [3.8, 4) is 0 Å². The minimum absolute atomic E-state index is 0.155. The molecule has 0 heterocycles. The molecule has 162 valence electrons. The van der Waals surface area contributed by atoms with Crippen molar-refractivity contribution in [2.75, 3.05) is 17.1 Å².